The van der Waals surface area contributed by atoms with Crippen LogP contribution in [0.15, 0.2) is 60.4 Å². The Morgan fingerprint density at radius 3 is 1.96 bits per heavy atom. The highest BCUT2D eigenvalue weighted by molar-refractivity contribution is 5.80. The number of aliphatic carboxylic acids is 1. The molecule has 2 N–H and O–H groups in total. The molecule has 0 bridgehead atoms. The molecule has 0 rings (SSSR count). The van der Waals surface area contributed by atoms with E-state index in [0.717, 1.165) is 25.3 Å². The van der Waals surface area contributed by atoms with Crippen LogP contribution in [0.25, 0.3) is 0 Å². The van der Waals surface area contributed by atoms with Gasteiger partial charge in [-0.15, -0.1) is 0 Å². The molecule has 0 aliphatic heterocycles. The van der Waals surface area contributed by atoms with Crippen LogP contribution in [-0.2, 0) is 9.68 Å². The maximum absolute atomic E-state index is 10.2. The maximum atomic E-state index is 10.2. The van der Waals surface area contributed by atoms with Crippen molar-refractivity contribution < 1.29 is 20.0 Å². The molecule has 0 spiro atoms. The molecule has 0 aliphatic carbocycles. The number of allylic oxidation sites excluding steroid dienone is 9. The molecule has 0 aliphatic rings. The Hall–Kier alpha value is -2.07. The third kappa shape index (κ3) is 16.3. The zero-order chi connectivity index (χ0) is 17.9. The van der Waals surface area contributed by atoms with Gasteiger partial charge in [-0.3, -0.25) is 0 Å². The van der Waals surface area contributed by atoms with E-state index < -0.39 is 5.97 Å². The molecule has 0 heterocycles. The second-order valence-corrected chi connectivity index (χ2v) is 5.45. The summed E-state index contributed by atoms with van der Waals surface area (Å²) in [5, 5.41) is 17.3. The first-order chi connectivity index (χ1) is 11.7. The van der Waals surface area contributed by atoms with Crippen LogP contribution in [0.5, 0.6) is 0 Å². The predicted octanol–water partition coefficient (Wildman–Crippen LogP) is 5.81. The third-order valence-electron chi connectivity index (χ3n) is 3.33. The van der Waals surface area contributed by atoms with Crippen LogP contribution >= 0.6 is 0 Å². The van der Waals surface area contributed by atoms with E-state index in [4.69, 9.17) is 10.4 Å². The highest BCUT2D eigenvalue weighted by Gasteiger charge is 1.97. The average Bonchev–Trinajstić information content (AvgIpc) is 2.57. The van der Waals surface area contributed by atoms with E-state index in [-0.39, 0.29) is 0 Å². The molecule has 0 aromatic rings. The minimum Gasteiger partial charge on any atom is -0.478 e. The molecule has 4 heteroatoms. The summed E-state index contributed by atoms with van der Waals surface area (Å²) in [7, 11) is 0. The highest BCUT2D eigenvalue weighted by atomic mass is 17.1. The SMILES string of the molecule is CCCCCCCCCC(=CC=CC=CC=CC=CC(=O)O)OO. The van der Waals surface area contributed by atoms with Crippen LogP contribution in [0.4, 0.5) is 0 Å². The lowest BCUT2D eigenvalue weighted by Gasteiger charge is -2.03. The molecule has 0 saturated carbocycles. The molecule has 0 radical (unpaired) electrons. The van der Waals surface area contributed by atoms with Crippen molar-refractivity contribution in [1.82, 2.24) is 0 Å². The highest BCUT2D eigenvalue weighted by Crippen LogP contribution is 2.12. The molecule has 0 fully saturated rings. The van der Waals surface area contributed by atoms with Gasteiger partial charge in [0.15, 0.2) is 0 Å². The van der Waals surface area contributed by atoms with Gasteiger partial charge < -0.3 is 9.99 Å². The number of carbonyl (C=O) groups is 1. The van der Waals surface area contributed by atoms with E-state index in [1.807, 2.05) is 12.2 Å². The minimum atomic E-state index is -0.967. The summed E-state index contributed by atoms with van der Waals surface area (Å²) in [5.74, 6) is -0.403. The van der Waals surface area contributed by atoms with Crippen LogP contribution < -0.4 is 0 Å². The van der Waals surface area contributed by atoms with Crippen molar-refractivity contribution in [2.45, 2.75) is 58.3 Å². The van der Waals surface area contributed by atoms with Crippen molar-refractivity contribution in [2.75, 3.05) is 0 Å². The molecule has 0 aromatic carbocycles. The standard InChI is InChI=1S/C20H30O4/c1-2-3-4-5-7-10-13-16-19(24-23)17-14-11-8-6-9-12-15-18-20(21)22/h6,8-9,11-12,14-15,17-18,23H,2-5,7,10,13,16H2,1H3,(H,21,22). The topological polar surface area (TPSA) is 66.8 Å². The monoisotopic (exact) mass is 334 g/mol. The van der Waals surface area contributed by atoms with Crippen molar-refractivity contribution in [3.05, 3.63) is 60.4 Å². The van der Waals surface area contributed by atoms with Gasteiger partial charge in [0.1, 0.15) is 5.76 Å². The van der Waals surface area contributed by atoms with E-state index in [2.05, 4.69) is 11.8 Å². The van der Waals surface area contributed by atoms with E-state index in [1.54, 1.807) is 30.4 Å². The summed E-state index contributed by atoms with van der Waals surface area (Å²) in [6, 6.07) is 0. The van der Waals surface area contributed by atoms with Crippen molar-refractivity contribution in [2.24, 2.45) is 0 Å². The van der Waals surface area contributed by atoms with Crippen molar-refractivity contribution >= 4 is 5.97 Å². The Bertz CT molecular complexity index is 456. The van der Waals surface area contributed by atoms with Crippen LogP contribution in [0.2, 0.25) is 0 Å². The molecule has 4 nitrogen and oxygen atoms in total. The van der Waals surface area contributed by atoms with E-state index >= 15 is 0 Å². The average molecular weight is 334 g/mol. The summed E-state index contributed by atoms with van der Waals surface area (Å²) < 4.78 is 0. The van der Waals surface area contributed by atoms with Gasteiger partial charge >= 0.3 is 5.97 Å². The second-order valence-electron chi connectivity index (χ2n) is 5.45. The number of carboxylic acids is 1. The number of hydrogen-bond acceptors (Lipinski definition) is 3. The minimum absolute atomic E-state index is 0.563. The number of carboxylic acid groups (broad SMARTS) is 1. The largest absolute Gasteiger partial charge is 0.478 e. The van der Waals surface area contributed by atoms with Crippen LogP contribution in [0, 0.1) is 0 Å². The van der Waals surface area contributed by atoms with E-state index in [1.165, 1.54) is 38.2 Å². The number of unbranched alkanes of at least 4 members (excludes halogenated alkanes) is 6. The van der Waals surface area contributed by atoms with Crippen LogP contribution in [0.1, 0.15) is 58.3 Å². The summed E-state index contributed by atoms with van der Waals surface area (Å²) in [5.41, 5.74) is 0. The van der Waals surface area contributed by atoms with Crippen LogP contribution in [0.3, 0.4) is 0 Å². The molecular formula is C20H30O4. The Labute approximate surface area is 145 Å². The summed E-state index contributed by atoms with van der Waals surface area (Å²) in [6.45, 7) is 2.21. The quantitative estimate of drug-likeness (QED) is 0.105. The van der Waals surface area contributed by atoms with Gasteiger partial charge in [-0.1, -0.05) is 88.0 Å². The molecule has 0 saturated heterocycles. The zero-order valence-electron chi connectivity index (χ0n) is 14.6. The molecule has 134 valence electrons. The maximum Gasteiger partial charge on any atom is 0.328 e. The fraction of sp³-hybridized carbons (Fsp3) is 0.450. The Morgan fingerprint density at radius 1 is 0.833 bits per heavy atom. The first-order valence-corrected chi connectivity index (χ1v) is 8.62. The predicted molar refractivity (Wildman–Crippen MR) is 98.6 cm³/mol. The summed E-state index contributed by atoms with van der Waals surface area (Å²) >= 11 is 0. The molecule has 24 heavy (non-hydrogen) atoms. The zero-order valence-corrected chi connectivity index (χ0v) is 14.6. The van der Waals surface area contributed by atoms with Gasteiger partial charge in [0.05, 0.1) is 0 Å². The molecule has 0 amide bonds. The first kappa shape index (κ1) is 21.9. The third-order valence-corrected chi connectivity index (χ3v) is 3.33. The molecule has 0 aromatic heterocycles. The van der Waals surface area contributed by atoms with Gasteiger partial charge in [0.2, 0.25) is 0 Å². The van der Waals surface area contributed by atoms with Gasteiger partial charge in [-0.2, -0.15) is 0 Å². The lowest BCUT2D eigenvalue weighted by molar-refractivity contribution is -0.205. The second kappa shape index (κ2) is 17.3. The summed E-state index contributed by atoms with van der Waals surface area (Å²) in [4.78, 5) is 14.6. The Kier molecular flexibility index (Phi) is 15.8. The Morgan fingerprint density at radius 2 is 1.38 bits per heavy atom. The lowest BCUT2D eigenvalue weighted by Crippen LogP contribution is -1.88. The van der Waals surface area contributed by atoms with Crippen molar-refractivity contribution in [3.8, 4) is 0 Å². The van der Waals surface area contributed by atoms with Crippen LogP contribution in [-0.4, -0.2) is 16.3 Å². The van der Waals surface area contributed by atoms with Gasteiger partial charge in [0, 0.05) is 12.5 Å². The number of hydrogen-bond donors (Lipinski definition) is 2. The fourth-order valence-electron chi connectivity index (χ4n) is 2.04. The normalized spacial score (nSPS) is 13.0. The Balaban J connectivity index is 3.91. The molecular weight excluding hydrogens is 304 g/mol. The van der Waals surface area contributed by atoms with Crippen molar-refractivity contribution in [1.29, 1.82) is 0 Å². The van der Waals surface area contributed by atoms with E-state index in [0.29, 0.717) is 5.76 Å². The first-order valence-electron chi connectivity index (χ1n) is 8.62. The lowest BCUT2D eigenvalue weighted by atomic mass is 10.1. The van der Waals surface area contributed by atoms with Gasteiger partial charge in [0.25, 0.3) is 0 Å². The van der Waals surface area contributed by atoms with Crippen molar-refractivity contribution in [3.63, 3.8) is 0 Å². The fourth-order valence-corrected chi connectivity index (χ4v) is 2.04. The van der Waals surface area contributed by atoms with Gasteiger partial charge in [-0.05, 0) is 12.5 Å². The van der Waals surface area contributed by atoms with E-state index in [9.17, 15) is 4.79 Å². The smallest absolute Gasteiger partial charge is 0.328 e. The summed E-state index contributed by atoms with van der Waals surface area (Å²) in [6.07, 6.45) is 24.2. The number of rotatable bonds is 14. The molecule has 0 atom stereocenters. The molecule has 0 unspecified atom stereocenters. The van der Waals surface area contributed by atoms with Gasteiger partial charge in [-0.25, -0.2) is 10.1 Å².